The third-order valence-electron chi connectivity index (χ3n) is 4.08. The fourth-order valence-electron chi connectivity index (χ4n) is 2.48. The number of hydrogen-bond donors (Lipinski definition) is 3. The van der Waals surface area contributed by atoms with Crippen LogP contribution in [0, 0.1) is 0 Å². The number of nitrogens with zero attached hydrogens (tertiary/aromatic N) is 1. The summed E-state index contributed by atoms with van der Waals surface area (Å²) in [5, 5.41) is 6.08. The molecule has 0 aliphatic heterocycles. The van der Waals surface area contributed by atoms with Crippen LogP contribution in [0.25, 0.3) is 0 Å². The predicted molar refractivity (Wildman–Crippen MR) is 117 cm³/mol. The molecule has 0 unspecified atom stereocenters. The third-order valence-corrected chi connectivity index (χ3v) is 5.50. The number of sulfonamides is 1. The van der Waals surface area contributed by atoms with Crippen LogP contribution < -0.4 is 20.2 Å². The van der Waals surface area contributed by atoms with Gasteiger partial charge in [0, 0.05) is 5.69 Å². The normalized spacial score (nSPS) is 11.3. The van der Waals surface area contributed by atoms with Crippen molar-refractivity contribution in [3.05, 3.63) is 78.3 Å². The van der Waals surface area contributed by atoms with Gasteiger partial charge < -0.3 is 14.5 Å². The second kappa shape index (κ2) is 10.4. The van der Waals surface area contributed by atoms with E-state index in [1.165, 1.54) is 25.5 Å². The van der Waals surface area contributed by atoms with Crippen molar-refractivity contribution in [2.24, 2.45) is 5.10 Å². The van der Waals surface area contributed by atoms with Gasteiger partial charge in [0.1, 0.15) is 17.3 Å². The Hall–Kier alpha value is -3.96. The number of benzene rings is 2. The van der Waals surface area contributed by atoms with Crippen molar-refractivity contribution < 1.29 is 27.2 Å². The summed E-state index contributed by atoms with van der Waals surface area (Å²) in [6.45, 7) is -0.0678. The predicted octanol–water partition coefficient (Wildman–Crippen LogP) is 1.86. The van der Waals surface area contributed by atoms with Crippen molar-refractivity contribution in [3.63, 3.8) is 0 Å². The molecule has 0 fully saturated rings. The molecule has 11 heteroatoms. The second-order valence-electron chi connectivity index (χ2n) is 6.32. The summed E-state index contributed by atoms with van der Waals surface area (Å²) < 4.78 is 37.3. The lowest BCUT2D eigenvalue weighted by Crippen LogP contribution is -2.32. The Morgan fingerprint density at radius 2 is 1.72 bits per heavy atom. The molecule has 32 heavy (non-hydrogen) atoms. The maximum absolute atomic E-state index is 12.2. The van der Waals surface area contributed by atoms with Crippen LogP contribution in [-0.2, 0) is 26.2 Å². The molecule has 2 amide bonds. The van der Waals surface area contributed by atoms with Gasteiger partial charge in [-0.1, -0.05) is 18.2 Å². The summed E-state index contributed by atoms with van der Waals surface area (Å²) in [5.41, 5.74) is 2.50. The minimum atomic E-state index is -3.67. The van der Waals surface area contributed by atoms with Crippen LogP contribution in [0.5, 0.6) is 5.75 Å². The Bertz CT molecular complexity index is 1200. The van der Waals surface area contributed by atoms with Gasteiger partial charge in [-0.25, -0.2) is 18.6 Å². The molecule has 3 N–H and O–H groups in total. The number of hydrogen-bond acceptors (Lipinski definition) is 7. The minimum Gasteiger partial charge on any atom is -0.497 e. The summed E-state index contributed by atoms with van der Waals surface area (Å²) in [5.74, 6) is -0.658. The minimum absolute atomic E-state index is 0.0678. The van der Waals surface area contributed by atoms with Crippen LogP contribution in [0.2, 0.25) is 0 Å². The molecular weight excluding hydrogens is 436 g/mol. The largest absolute Gasteiger partial charge is 0.497 e. The topological polar surface area (TPSA) is 139 Å². The Balaban J connectivity index is 1.48. The molecule has 0 radical (unpaired) electrons. The van der Waals surface area contributed by atoms with Crippen LogP contribution in [0.4, 0.5) is 5.69 Å². The van der Waals surface area contributed by atoms with Crippen molar-refractivity contribution in [3.8, 4) is 5.75 Å². The molecule has 0 saturated heterocycles. The average molecular weight is 456 g/mol. The highest BCUT2D eigenvalue weighted by molar-refractivity contribution is 7.89. The van der Waals surface area contributed by atoms with Crippen LogP contribution in [0.3, 0.4) is 0 Å². The van der Waals surface area contributed by atoms with E-state index >= 15 is 0 Å². The molecule has 0 bridgehead atoms. The second-order valence-corrected chi connectivity index (χ2v) is 8.09. The lowest BCUT2D eigenvalue weighted by atomic mass is 10.3. The number of ether oxygens (including phenoxy) is 1. The summed E-state index contributed by atoms with van der Waals surface area (Å²) in [4.78, 5) is 23.9. The number of nitrogens with one attached hydrogen (secondary N) is 3. The van der Waals surface area contributed by atoms with E-state index in [1.54, 1.807) is 54.6 Å². The number of carbonyl (C=O) groups excluding carboxylic acids is 2. The summed E-state index contributed by atoms with van der Waals surface area (Å²) in [6.07, 6.45) is 1.19. The van der Waals surface area contributed by atoms with E-state index in [1.807, 2.05) is 0 Å². The summed E-state index contributed by atoms with van der Waals surface area (Å²) in [6, 6.07) is 17.5. The van der Waals surface area contributed by atoms with Crippen molar-refractivity contribution >= 4 is 33.7 Å². The van der Waals surface area contributed by atoms with E-state index in [0.717, 1.165) is 0 Å². The van der Waals surface area contributed by atoms with Gasteiger partial charge in [-0.3, -0.25) is 9.59 Å². The van der Waals surface area contributed by atoms with Crippen molar-refractivity contribution in [1.29, 1.82) is 0 Å². The molecule has 166 valence electrons. The lowest BCUT2D eigenvalue weighted by Gasteiger charge is -2.05. The van der Waals surface area contributed by atoms with Gasteiger partial charge in [-0.15, -0.1) is 0 Å². The number of furan rings is 1. The maximum Gasteiger partial charge on any atom is 0.329 e. The van der Waals surface area contributed by atoms with Gasteiger partial charge in [0.15, 0.2) is 0 Å². The van der Waals surface area contributed by atoms with Crippen molar-refractivity contribution in [1.82, 2.24) is 10.1 Å². The number of carbonyl (C=O) groups is 2. The molecule has 1 aromatic heterocycles. The zero-order valence-corrected chi connectivity index (χ0v) is 17.8. The number of anilines is 1. The molecule has 0 aliphatic rings. The third kappa shape index (κ3) is 6.27. The highest BCUT2D eigenvalue weighted by Gasteiger charge is 2.14. The SMILES string of the molecule is COc1ccc(NC(=O)C(=O)N/N=C/c2ccc(CNS(=O)(=O)c3ccccc3)o2)cc1. The van der Waals surface area contributed by atoms with E-state index in [-0.39, 0.29) is 17.2 Å². The quantitative estimate of drug-likeness (QED) is 0.269. The van der Waals surface area contributed by atoms with Gasteiger partial charge in [-0.2, -0.15) is 5.10 Å². The first kappa shape index (κ1) is 22.7. The molecule has 10 nitrogen and oxygen atoms in total. The molecule has 3 aromatic rings. The standard InChI is InChI=1S/C21H20N4O6S/c1-30-16-9-7-15(8-10-16)24-20(26)21(27)25-22-13-17-11-12-18(31-17)14-23-32(28,29)19-5-3-2-4-6-19/h2-13,23H,14H2,1H3,(H,24,26)(H,25,27)/b22-13+. The van der Waals surface area contributed by atoms with E-state index in [2.05, 4.69) is 20.6 Å². The molecule has 0 atom stereocenters. The highest BCUT2D eigenvalue weighted by Crippen LogP contribution is 2.15. The lowest BCUT2D eigenvalue weighted by molar-refractivity contribution is -0.136. The van der Waals surface area contributed by atoms with Gasteiger partial charge >= 0.3 is 11.8 Å². The first-order valence-corrected chi connectivity index (χ1v) is 10.8. The number of rotatable bonds is 8. The molecular formula is C21H20N4O6S. The van der Waals surface area contributed by atoms with Crippen molar-refractivity contribution in [2.75, 3.05) is 12.4 Å². The monoisotopic (exact) mass is 456 g/mol. The smallest absolute Gasteiger partial charge is 0.329 e. The van der Waals surface area contributed by atoms with Crippen molar-refractivity contribution in [2.45, 2.75) is 11.4 Å². The van der Waals surface area contributed by atoms with Crippen LogP contribution in [0.15, 0.2) is 81.1 Å². The zero-order chi connectivity index (χ0) is 23.0. The average Bonchev–Trinajstić information content (AvgIpc) is 3.26. The van der Waals surface area contributed by atoms with Crippen LogP contribution >= 0.6 is 0 Å². The number of methoxy groups -OCH3 is 1. The fourth-order valence-corrected chi connectivity index (χ4v) is 3.49. The molecule has 1 heterocycles. The summed E-state index contributed by atoms with van der Waals surface area (Å²) in [7, 11) is -2.15. The molecule has 0 spiro atoms. The summed E-state index contributed by atoms with van der Waals surface area (Å²) >= 11 is 0. The van der Waals surface area contributed by atoms with Gasteiger partial charge in [0.05, 0.1) is 24.8 Å². The van der Waals surface area contributed by atoms with Gasteiger partial charge in [-0.05, 0) is 48.5 Å². The van der Waals surface area contributed by atoms with Crippen LogP contribution in [-0.4, -0.2) is 33.6 Å². The van der Waals surface area contributed by atoms with Gasteiger partial charge in [0.2, 0.25) is 10.0 Å². The fraction of sp³-hybridized carbons (Fsp3) is 0.0952. The van der Waals surface area contributed by atoms with E-state index in [4.69, 9.17) is 9.15 Å². The molecule has 0 saturated carbocycles. The van der Waals surface area contributed by atoms with Crippen LogP contribution in [0.1, 0.15) is 11.5 Å². The Morgan fingerprint density at radius 3 is 2.41 bits per heavy atom. The van der Waals surface area contributed by atoms with E-state index < -0.39 is 21.8 Å². The Kier molecular flexibility index (Phi) is 7.37. The highest BCUT2D eigenvalue weighted by atomic mass is 32.2. The molecule has 0 aliphatic carbocycles. The number of hydrazone groups is 1. The van der Waals surface area contributed by atoms with E-state index in [9.17, 15) is 18.0 Å². The first-order valence-electron chi connectivity index (χ1n) is 9.29. The van der Waals surface area contributed by atoms with Gasteiger partial charge in [0.25, 0.3) is 0 Å². The molecule has 3 rings (SSSR count). The molecule has 2 aromatic carbocycles. The zero-order valence-electron chi connectivity index (χ0n) is 16.9. The number of amides is 2. The Morgan fingerprint density at radius 1 is 1.00 bits per heavy atom. The Labute approximate surface area is 184 Å². The van der Waals surface area contributed by atoms with E-state index in [0.29, 0.717) is 17.2 Å². The first-order chi connectivity index (χ1) is 15.4. The maximum atomic E-state index is 12.2.